The topological polar surface area (TPSA) is 35.5 Å². The molecule has 0 aromatic heterocycles. The van der Waals surface area contributed by atoms with E-state index in [0.717, 1.165) is 63.6 Å². The number of ether oxygens (including phenoxy) is 2. The van der Waals surface area contributed by atoms with E-state index in [2.05, 4.69) is 13.8 Å². The Morgan fingerprint density at radius 2 is 1.29 bits per heavy atom. The number of rotatable bonds is 9. The van der Waals surface area contributed by atoms with Crippen LogP contribution in [0.15, 0.2) is 0 Å². The lowest BCUT2D eigenvalue weighted by Crippen LogP contribution is -2.51. The Morgan fingerprint density at radius 3 is 1.79 bits per heavy atom. The van der Waals surface area contributed by atoms with Crippen LogP contribution in [-0.2, 0) is 14.3 Å². The molecule has 1 aliphatic heterocycles. The monoisotopic (exact) mass is 392 g/mol. The Bertz CT molecular complexity index is 446. The minimum atomic E-state index is -0.292. The van der Waals surface area contributed by atoms with Gasteiger partial charge in [0.2, 0.25) is 0 Å². The van der Waals surface area contributed by atoms with Gasteiger partial charge in [-0.2, -0.15) is 0 Å². The number of hydrogen-bond donors (Lipinski definition) is 0. The van der Waals surface area contributed by atoms with Crippen molar-refractivity contribution in [2.75, 3.05) is 13.2 Å². The van der Waals surface area contributed by atoms with Crippen molar-refractivity contribution in [3.05, 3.63) is 0 Å². The van der Waals surface area contributed by atoms with E-state index in [-0.39, 0.29) is 11.2 Å². The predicted molar refractivity (Wildman–Crippen MR) is 114 cm³/mol. The predicted octanol–water partition coefficient (Wildman–Crippen LogP) is 6.83. The van der Waals surface area contributed by atoms with Crippen molar-refractivity contribution in [1.29, 1.82) is 0 Å². The molecule has 1 spiro atoms. The summed E-state index contributed by atoms with van der Waals surface area (Å²) in [6, 6.07) is 0. The molecule has 0 aromatic carbocycles. The van der Waals surface area contributed by atoms with Gasteiger partial charge in [0.25, 0.3) is 0 Å². The van der Waals surface area contributed by atoms with Crippen LogP contribution in [0.1, 0.15) is 117 Å². The first-order valence-corrected chi connectivity index (χ1v) is 12.4. The van der Waals surface area contributed by atoms with Crippen molar-refractivity contribution >= 4 is 5.78 Å². The molecular formula is C25H44O3. The van der Waals surface area contributed by atoms with E-state index in [1.807, 2.05) is 0 Å². The fourth-order valence-electron chi connectivity index (χ4n) is 5.84. The maximum Gasteiger partial charge on any atom is 0.168 e. The fraction of sp³-hybridized carbons (Fsp3) is 0.960. The maximum absolute atomic E-state index is 11.5. The fourth-order valence-corrected chi connectivity index (χ4v) is 5.84. The van der Waals surface area contributed by atoms with Gasteiger partial charge in [-0.05, 0) is 50.4 Å². The summed E-state index contributed by atoms with van der Waals surface area (Å²) in [5.41, 5.74) is 0.260. The SMILES string of the molecule is CCCCCC1(CCCCC)COC2(CCC(C3CCC(=O)CC3)CC2)OC1. The lowest BCUT2D eigenvalue weighted by molar-refractivity contribution is -0.320. The molecule has 0 N–H and O–H groups in total. The molecule has 28 heavy (non-hydrogen) atoms. The number of carbonyl (C=O) groups excluding carboxylic acids is 1. The van der Waals surface area contributed by atoms with Crippen molar-refractivity contribution in [2.45, 2.75) is 122 Å². The number of Topliss-reactive ketones (excluding diaryl/α,β-unsaturated/α-hetero) is 1. The summed E-state index contributed by atoms with van der Waals surface area (Å²) in [7, 11) is 0. The van der Waals surface area contributed by atoms with Crippen LogP contribution < -0.4 is 0 Å². The second-order valence-electron chi connectivity index (χ2n) is 10.1. The summed E-state index contributed by atoms with van der Waals surface area (Å²) >= 11 is 0. The molecule has 3 aliphatic rings. The van der Waals surface area contributed by atoms with Crippen LogP contribution in [0.2, 0.25) is 0 Å². The van der Waals surface area contributed by atoms with Gasteiger partial charge in [-0.15, -0.1) is 0 Å². The molecule has 0 aromatic rings. The lowest BCUT2D eigenvalue weighted by Gasteiger charge is -2.50. The molecule has 3 heteroatoms. The highest BCUT2D eigenvalue weighted by molar-refractivity contribution is 5.79. The summed E-state index contributed by atoms with van der Waals surface area (Å²) in [5.74, 6) is 1.73. The van der Waals surface area contributed by atoms with E-state index in [4.69, 9.17) is 9.47 Å². The molecule has 0 bridgehead atoms. The minimum absolute atomic E-state index is 0.260. The molecule has 3 nitrogen and oxygen atoms in total. The molecule has 2 saturated carbocycles. The summed E-state index contributed by atoms with van der Waals surface area (Å²) in [4.78, 5) is 11.5. The first kappa shape index (κ1) is 22.3. The molecule has 0 amide bonds. The molecule has 3 rings (SSSR count). The van der Waals surface area contributed by atoms with Crippen LogP contribution in [0.4, 0.5) is 0 Å². The highest BCUT2D eigenvalue weighted by Gasteiger charge is 2.46. The highest BCUT2D eigenvalue weighted by Crippen LogP contribution is 2.47. The van der Waals surface area contributed by atoms with E-state index < -0.39 is 0 Å². The smallest absolute Gasteiger partial charge is 0.168 e. The van der Waals surface area contributed by atoms with E-state index >= 15 is 0 Å². The number of carbonyl (C=O) groups is 1. The Balaban J connectivity index is 1.49. The van der Waals surface area contributed by atoms with Crippen molar-refractivity contribution < 1.29 is 14.3 Å². The van der Waals surface area contributed by atoms with Crippen LogP contribution >= 0.6 is 0 Å². The first-order chi connectivity index (χ1) is 13.6. The summed E-state index contributed by atoms with van der Waals surface area (Å²) in [6.45, 7) is 6.38. The summed E-state index contributed by atoms with van der Waals surface area (Å²) in [5, 5.41) is 0. The number of ketones is 1. The van der Waals surface area contributed by atoms with Gasteiger partial charge in [0.05, 0.1) is 13.2 Å². The zero-order chi connectivity index (χ0) is 19.9. The molecule has 0 atom stereocenters. The van der Waals surface area contributed by atoms with Crippen LogP contribution in [0.3, 0.4) is 0 Å². The molecule has 1 saturated heterocycles. The average molecular weight is 393 g/mol. The standard InChI is InChI=1S/C25H44O3/c1-3-5-7-15-24(16-8-6-4-2)19-27-25(28-20-24)17-13-22(14-18-25)21-9-11-23(26)12-10-21/h21-22H,3-20H2,1-2H3. The Morgan fingerprint density at radius 1 is 0.786 bits per heavy atom. The van der Waals surface area contributed by atoms with Crippen molar-refractivity contribution in [3.63, 3.8) is 0 Å². The van der Waals surface area contributed by atoms with E-state index in [1.165, 1.54) is 64.2 Å². The van der Waals surface area contributed by atoms with Gasteiger partial charge in [-0.3, -0.25) is 4.79 Å². The number of hydrogen-bond acceptors (Lipinski definition) is 3. The Labute approximate surface area is 173 Å². The summed E-state index contributed by atoms with van der Waals surface area (Å²) in [6.07, 6.45) is 18.8. The second-order valence-corrected chi connectivity index (χ2v) is 10.1. The van der Waals surface area contributed by atoms with E-state index in [9.17, 15) is 4.79 Å². The maximum atomic E-state index is 11.5. The minimum Gasteiger partial charge on any atom is -0.349 e. The quantitative estimate of drug-likeness (QED) is 0.404. The van der Waals surface area contributed by atoms with Gasteiger partial charge in [-0.1, -0.05) is 52.4 Å². The van der Waals surface area contributed by atoms with Crippen molar-refractivity contribution in [3.8, 4) is 0 Å². The molecule has 162 valence electrons. The average Bonchev–Trinajstić information content (AvgIpc) is 2.72. The molecular weight excluding hydrogens is 348 g/mol. The van der Waals surface area contributed by atoms with Gasteiger partial charge < -0.3 is 9.47 Å². The van der Waals surface area contributed by atoms with Gasteiger partial charge in [-0.25, -0.2) is 0 Å². The van der Waals surface area contributed by atoms with E-state index in [1.54, 1.807) is 0 Å². The zero-order valence-corrected chi connectivity index (χ0v) is 18.6. The van der Waals surface area contributed by atoms with Crippen LogP contribution in [0.25, 0.3) is 0 Å². The third-order valence-corrected chi connectivity index (χ3v) is 7.95. The molecule has 3 fully saturated rings. The molecule has 2 aliphatic carbocycles. The molecule has 0 unspecified atom stereocenters. The summed E-state index contributed by atoms with van der Waals surface area (Å²) < 4.78 is 13.1. The number of unbranched alkanes of at least 4 members (excludes halogenated alkanes) is 4. The Hall–Kier alpha value is -0.410. The first-order valence-electron chi connectivity index (χ1n) is 12.4. The van der Waals surface area contributed by atoms with Gasteiger partial charge in [0.15, 0.2) is 5.79 Å². The third-order valence-electron chi connectivity index (χ3n) is 7.95. The third kappa shape index (κ3) is 5.81. The van der Waals surface area contributed by atoms with Gasteiger partial charge in [0.1, 0.15) is 5.78 Å². The van der Waals surface area contributed by atoms with Crippen molar-refractivity contribution in [2.24, 2.45) is 17.3 Å². The van der Waals surface area contributed by atoms with Crippen molar-refractivity contribution in [1.82, 2.24) is 0 Å². The lowest BCUT2D eigenvalue weighted by atomic mass is 9.71. The Kier molecular flexibility index (Phi) is 8.41. The van der Waals surface area contributed by atoms with Gasteiger partial charge >= 0.3 is 0 Å². The van der Waals surface area contributed by atoms with E-state index in [0.29, 0.717) is 5.78 Å². The second kappa shape index (κ2) is 10.6. The molecule has 1 heterocycles. The van der Waals surface area contributed by atoms with Crippen LogP contribution in [0, 0.1) is 17.3 Å². The largest absolute Gasteiger partial charge is 0.349 e. The molecule has 0 radical (unpaired) electrons. The zero-order valence-electron chi connectivity index (χ0n) is 18.6. The van der Waals surface area contributed by atoms with Crippen LogP contribution in [0.5, 0.6) is 0 Å². The normalized spacial score (nSPS) is 26.0. The van der Waals surface area contributed by atoms with Crippen LogP contribution in [-0.4, -0.2) is 24.8 Å². The highest BCUT2D eigenvalue weighted by atomic mass is 16.7. The van der Waals surface area contributed by atoms with Gasteiger partial charge in [0, 0.05) is 31.1 Å².